The number of para-hydroxylation sites is 1. The molecular weight excluding hydrogens is 454 g/mol. The van der Waals surface area contributed by atoms with Crippen LogP contribution in [-0.2, 0) is 10.0 Å². The van der Waals surface area contributed by atoms with Crippen LogP contribution in [0.5, 0.6) is 0 Å². The Morgan fingerprint density at radius 2 is 1.52 bits per heavy atom. The Hall–Kier alpha value is -2.49. The van der Waals surface area contributed by atoms with Crippen molar-refractivity contribution in [2.75, 3.05) is 36.4 Å². The predicted octanol–water partition coefficient (Wildman–Crippen LogP) is 3.49. The van der Waals surface area contributed by atoms with Gasteiger partial charge in [0.1, 0.15) is 0 Å². The zero-order chi connectivity index (χ0) is 20.3. The molecule has 150 valence electrons. The molecule has 9 heteroatoms. The van der Waals surface area contributed by atoms with Gasteiger partial charge in [0.25, 0.3) is 0 Å². The molecule has 0 amide bonds. The maximum Gasteiger partial charge on any atom is 0.243 e. The number of piperazine rings is 1. The van der Waals surface area contributed by atoms with Crippen LogP contribution < -0.4 is 10.2 Å². The van der Waals surface area contributed by atoms with Gasteiger partial charge in [0.2, 0.25) is 10.0 Å². The average Bonchev–Trinajstić information content (AvgIpc) is 2.75. The summed E-state index contributed by atoms with van der Waals surface area (Å²) in [6, 6.07) is 20.3. The van der Waals surface area contributed by atoms with Crippen molar-refractivity contribution in [3.63, 3.8) is 0 Å². The highest BCUT2D eigenvalue weighted by Gasteiger charge is 2.29. The number of hydrogen-bond acceptors (Lipinski definition) is 6. The summed E-state index contributed by atoms with van der Waals surface area (Å²) in [5.41, 5.74) is 0.946. The zero-order valence-electron chi connectivity index (χ0n) is 15.6. The zero-order valence-corrected chi connectivity index (χ0v) is 18.0. The maximum absolute atomic E-state index is 12.8. The van der Waals surface area contributed by atoms with Crippen LogP contribution in [0.25, 0.3) is 0 Å². The fourth-order valence-corrected chi connectivity index (χ4v) is 4.83. The molecule has 1 aliphatic heterocycles. The molecular formula is C20H20BrN5O2S. The molecule has 0 radical (unpaired) electrons. The molecule has 1 aromatic heterocycles. The fraction of sp³-hybridized carbons (Fsp3) is 0.200. The molecule has 0 aliphatic carbocycles. The van der Waals surface area contributed by atoms with Crippen molar-refractivity contribution in [2.24, 2.45) is 0 Å². The first kappa shape index (κ1) is 19.8. The topological polar surface area (TPSA) is 78.4 Å². The smallest absolute Gasteiger partial charge is 0.243 e. The SMILES string of the molecule is O=S(=O)(c1ccc(Br)cc1)N1CCN(c2ccc(Nc3ccccc3)nn2)CC1. The van der Waals surface area contributed by atoms with Gasteiger partial charge in [0, 0.05) is 36.3 Å². The highest BCUT2D eigenvalue weighted by atomic mass is 79.9. The molecule has 1 aliphatic rings. The van der Waals surface area contributed by atoms with Crippen molar-refractivity contribution in [1.82, 2.24) is 14.5 Å². The number of nitrogens with zero attached hydrogens (tertiary/aromatic N) is 4. The van der Waals surface area contributed by atoms with E-state index in [2.05, 4.69) is 31.4 Å². The van der Waals surface area contributed by atoms with E-state index in [9.17, 15) is 8.42 Å². The molecule has 2 aromatic carbocycles. The molecule has 0 spiro atoms. The minimum atomic E-state index is -3.49. The molecule has 0 bridgehead atoms. The second kappa shape index (κ2) is 8.48. The largest absolute Gasteiger partial charge is 0.352 e. The van der Waals surface area contributed by atoms with E-state index in [4.69, 9.17) is 0 Å². The molecule has 3 aromatic rings. The Bertz CT molecular complexity index is 1050. The van der Waals surface area contributed by atoms with Crippen LogP contribution in [0.2, 0.25) is 0 Å². The van der Waals surface area contributed by atoms with Gasteiger partial charge in [-0.1, -0.05) is 34.1 Å². The van der Waals surface area contributed by atoms with Crippen LogP contribution in [0.1, 0.15) is 0 Å². The summed E-state index contributed by atoms with van der Waals surface area (Å²) in [7, 11) is -3.49. The summed E-state index contributed by atoms with van der Waals surface area (Å²) >= 11 is 3.33. The summed E-state index contributed by atoms with van der Waals surface area (Å²) < 4.78 is 28.0. The van der Waals surface area contributed by atoms with E-state index in [1.54, 1.807) is 24.3 Å². The Morgan fingerprint density at radius 1 is 0.828 bits per heavy atom. The summed E-state index contributed by atoms with van der Waals surface area (Å²) in [6.07, 6.45) is 0. The van der Waals surface area contributed by atoms with Gasteiger partial charge in [-0.3, -0.25) is 0 Å². The number of anilines is 3. The first-order valence-electron chi connectivity index (χ1n) is 9.19. The molecule has 1 N–H and O–H groups in total. The van der Waals surface area contributed by atoms with E-state index in [0.717, 1.165) is 16.0 Å². The third kappa shape index (κ3) is 4.58. The van der Waals surface area contributed by atoms with Gasteiger partial charge in [-0.05, 0) is 48.5 Å². The number of sulfonamides is 1. The quantitative estimate of drug-likeness (QED) is 0.610. The molecule has 0 atom stereocenters. The number of benzene rings is 2. The van der Waals surface area contributed by atoms with Gasteiger partial charge >= 0.3 is 0 Å². The Kier molecular flexibility index (Phi) is 5.79. The normalized spacial score (nSPS) is 15.3. The molecule has 0 unspecified atom stereocenters. The molecule has 0 saturated carbocycles. The van der Waals surface area contributed by atoms with Gasteiger partial charge in [-0.15, -0.1) is 10.2 Å². The van der Waals surface area contributed by atoms with Crippen LogP contribution in [0, 0.1) is 0 Å². The lowest BCUT2D eigenvalue weighted by Crippen LogP contribution is -2.48. The van der Waals surface area contributed by atoms with E-state index in [1.165, 1.54) is 4.31 Å². The summed E-state index contributed by atoms with van der Waals surface area (Å²) in [5, 5.41) is 11.7. The number of halogens is 1. The van der Waals surface area contributed by atoms with Crippen molar-refractivity contribution < 1.29 is 8.42 Å². The summed E-state index contributed by atoms with van der Waals surface area (Å²) in [5.74, 6) is 1.40. The molecule has 4 rings (SSSR count). The van der Waals surface area contributed by atoms with Crippen molar-refractivity contribution in [2.45, 2.75) is 4.90 Å². The van der Waals surface area contributed by atoms with E-state index >= 15 is 0 Å². The second-order valence-corrected chi connectivity index (χ2v) is 9.47. The van der Waals surface area contributed by atoms with Gasteiger partial charge in [-0.25, -0.2) is 8.42 Å². The van der Waals surface area contributed by atoms with E-state index in [1.807, 2.05) is 47.4 Å². The number of rotatable bonds is 5. The number of aromatic nitrogens is 2. The third-order valence-electron chi connectivity index (χ3n) is 4.71. The van der Waals surface area contributed by atoms with Crippen LogP contribution in [0.4, 0.5) is 17.3 Å². The molecule has 1 fully saturated rings. The molecule has 29 heavy (non-hydrogen) atoms. The first-order chi connectivity index (χ1) is 14.0. The van der Waals surface area contributed by atoms with E-state index < -0.39 is 10.0 Å². The maximum atomic E-state index is 12.8. The van der Waals surface area contributed by atoms with Crippen molar-refractivity contribution >= 4 is 43.3 Å². The highest BCUT2D eigenvalue weighted by molar-refractivity contribution is 9.10. The monoisotopic (exact) mass is 473 g/mol. The Morgan fingerprint density at radius 3 is 2.14 bits per heavy atom. The van der Waals surface area contributed by atoms with Crippen LogP contribution >= 0.6 is 15.9 Å². The highest BCUT2D eigenvalue weighted by Crippen LogP contribution is 2.22. The average molecular weight is 474 g/mol. The first-order valence-corrected chi connectivity index (χ1v) is 11.4. The molecule has 7 nitrogen and oxygen atoms in total. The summed E-state index contributed by atoms with van der Waals surface area (Å²) in [4.78, 5) is 2.36. The van der Waals surface area contributed by atoms with Gasteiger partial charge in [-0.2, -0.15) is 4.31 Å². The molecule has 2 heterocycles. The minimum absolute atomic E-state index is 0.310. The Balaban J connectivity index is 1.38. The lowest BCUT2D eigenvalue weighted by molar-refractivity contribution is 0.383. The lowest BCUT2D eigenvalue weighted by Gasteiger charge is -2.34. The van der Waals surface area contributed by atoms with Crippen LogP contribution in [0.15, 0.2) is 76.1 Å². The van der Waals surface area contributed by atoms with E-state index in [0.29, 0.717) is 36.9 Å². The standard InChI is InChI=1S/C20H20BrN5O2S/c21-16-6-8-18(9-7-16)29(27,28)26-14-12-25(13-15-26)20-11-10-19(23-24-20)22-17-4-2-1-3-5-17/h1-11H,12-15H2,(H,22,23). The minimum Gasteiger partial charge on any atom is -0.352 e. The van der Waals surface area contributed by atoms with Crippen molar-refractivity contribution in [3.05, 3.63) is 71.2 Å². The summed E-state index contributed by atoms with van der Waals surface area (Å²) in [6.45, 7) is 1.94. The molecule has 1 saturated heterocycles. The van der Waals surface area contributed by atoms with Crippen LogP contribution in [0.3, 0.4) is 0 Å². The van der Waals surface area contributed by atoms with Crippen molar-refractivity contribution in [1.29, 1.82) is 0 Å². The number of hydrogen-bond donors (Lipinski definition) is 1. The van der Waals surface area contributed by atoms with E-state index in [-0.39, 0.29) is 0 Å². The number of nitrogens with one attached hydrogen (secondary N) is 1. The third-order valence-corrected chi connectivity index (χ3v) is 7.15. The lowest BCUT2D eigenvalue weighted by atomic mass is 10.3. The second-order valence-electron chi connectivity index (χ2n) is 6.61. The Labute approximate surface area is 178 Å². The van der Waals surface area contributed by atoms with Gasteiger partial charge in [0.05, 0.1) is 4.90 Å². The van der Waals surface area contributed by atoms with Gasteiger partial charge < -0.3 is 10.2 Å². The van der Waals surface area contributed by atoms with Crippen LogP contribution in [-0.4, -0.2) is 49.1 Å². The van der Waals surface area contributed by atoms with Crippen molar-refractivity contribution in [3.8, 4) is 0 Å². The fourth-order valence-electron chi connectivity index (χ4n) is 3.14. The van der Waals surface area contributed by atoms with Gasteiger partial charge in [0.15, 0.2) is 11.6 Å². The predicted molar refractivity (Wildman–Crippen MR) is 117 cm³/mol.